The number of rotatable bonds is 4. The molecule has 1 saturated heterocycles. The van der Waals surface area contributed by atoms with E-state index in [1.54, 1.807) is 0 Å². The van der Waals surface area contributed by atoms with E-state index in [-0.39, 0.29) is 11.8 Å². The largest absolute Gasteiger partial charge is 0.355 e. The predicted octanol–water partition coefficient (Wildman–Crippen LogP) is 4.33. The molecule has 1 amide bonds. The second kappa shape index (κ2) is 7.82. The molecule has 30 heavy (non-hydrogen) atoms. The third kappa shape index (κ3) is 3.52. The number of piperidine rings is 1. The van der Waals surface area contributed by atoms with Gasteiger partial charge >= 0.3 is 0 Å². The maximum absolute atomic E-state index is 12.7. The van der Waals surface area contributed by atoms with Gasteiger partial charge in [-0.1, -0.05) is 42.0 Å². The molecule has 1 aliphatic rings. The van der Waals surface area contributed by atoms with Gasteiger partial charge in [0.2, 0.25) is 5.91 Å². The van der Waals surface area contributed by atoms with Crippen molar-refractivity contribution in [3.8, 4) is 0 Å². The van der Waals surface area contributed by atoms with Crippen LogP contribution < -0.4 is 10.2 Å². The zero-order valence-corrected chi connectivity index (χ0v) is 17.2. The summed E-state index contributed by atoms with van der Waals surface area (Å²) in [6, 6.07) is 20.7. The van der Waals surface area contributed by atoms with Crippen LogP contribution in [0.2, 0.25) is 0 Å². The molecule has 1 fully saturated rings. The summed E-state index contributed by atoms with van der Waals surface area (Å²) in [7, 11) is 0. The van der Waals surface area contributed by atoms with Crippen molar-refractivity contribution in [3.05, 3.63) is 78.0 Å². The van der Waals surface area contributed by atoms with Crippen molar-refractivity contribution in [2.24, 2.45) is 5.92 Å². The standard InChI is InChI=1S/C25H26N4O/c1-18-8-10-19(11-9-18)17-26-25(30)20-12-15-28(16-13-20)24-23-7-4-14-29(23)22-6-3-2-5-21(22)27-24/h2-11,14,20H,12-13,15-17H2,1H3,(H,26,30). The van der Waals surface area contributed by atoms with Crippen LogP contribution in [0.5, 0.6) is 0 Å². The first-order valence-corrected chi connectivity index (χ1v) is 10.6. The van der Waals surface area contributed by atoms with Gasteiger partial charge in [-0.2, -0.15) is 0 Å². The summed E-state index contributed by atoms with van der Waals surface area (Å²) in [4.78, 5) is 20.0. The fourth-order valence-corrected chi connectivity index (χ4v) is 4.33. The van der Waals surface area contributed by atoms with Gasteiger partial charge < -0.3 is 14.6 Å². The Hall–Kier alpha value is -3.34. The normalized spacial score (nSPS) is 15.0. The van der Waals surface area contributed by atoms with Gasteiger partial charge in [-0.3, -0.25) is 4.79 Å². The van der Waals surface area contributed by atoms with Crippen LogP contribution in [0.4, 0.5) is 5.82 Å². The summed E-state index contributed by atoms with van der Waals surface area (Å²) >= 11 is 0. The molecule has 0 aliphatic carbocycles. The Morgan fingerprint density at radius 1 is 1.00 bits per heavy atom. The second-order valence-corrected chi connectivity index (χ2v) is 8.15. The van der Waals surface area contributed by atoms with Gasteiger partial charge in [0.05, 0.1) is 16.6 Å². The number of hydrogen-bond acceptors (Lipinski definition) is 3. The van der Waals surface area contributed by atoms with E-state index in [9.17, 15) is 4.79 Å². The maximum Gasteiger partial charge on any atom is 0.223 e. The molecule has 0 radical (unpaired) electrons. The topological polar surface area (TPSA) is 49.6 Å². The molecule has 2 aromatic heterocycles. The van der Waals surface area contributed by atoms with Gasteiger partial charge in [-0.15, -0.1) is 0 Å². The summed E-state index contributed by atoms with van der Waals surface area (Å²) in [5.41, 5.74) is 5.61. The Morgan fingerprint density at radius 2 is 1.73 bits per heavy atom. The van der Waals surface area contributed by atoms with Gasteiger partial charge in [0.25, 0.3) is 0 Å². The smallest absolute Gasteiger partial charge is 0.223 e. The molecule has 0 saturated carbocycles. The van der Waals surface area contributed by atoms with Crippen molar-refractivity contribution in [3.63, 3.8) is 0 Å². The fourth-order valence-electron chi connectivity index (χ4n) is 4.33. The first kappa shape index (κ1) is 18.7. The first-order chi connectivity index (χ1) is 14.7. The Labute approximate surface area is 176 Å². The zero-order chi connectivity index (χ0) is 20.5. The van der Waals surface area contributed by atoms with E-state index in [2.05, 4.69) is 76.3 Å². The van der Waals surface area contributed by atoms with Crippen LogP contribution >= 0.6 is 0 Å². The van der Waals surface area contributed by atoms with E-state index in [1.807, 2.05) is 12.1 Å². The number of nitrogens with one attached hydrogen (secondary N) is 1. The highest BCUT2D eigenvalue weighted by Gasteiger charge is 2.26. The van der Waals surface area contributed by atoms with Gasteiger partial charge in [0, 0.05) is 31.7 Å². The lowest BCUT2D eigenvalue weighted by Crippen LogP contribution is -2.40. The number of aromatic nitrogens is 2. The number of nitrogens with zero attached hydrogens (tertiary/aromatic N) is 3. The highest BCUT2D eigenvalue weighted by atomic mass is 16.1. The van der Waals surface area contributed by atoms with E-state index in [0.29, 0.717) is 6.54 Å². The SMILES string of the molecule is Cc1ccc(CNC(=O)C2CCN(c3nc4ccccc4n4cccc34)CC2)cc1. The van der Waals surface area contributed by atoms with Crippen molar-refractivity contribution in [1.29, 1.82) is 0 Å². The van der Waals surface area contributed by atoms with E-state index >= 15 is 0 Å². The number of amides is 1. The van der Waals surface area contributed by atoms with Gasteiger partial charge in [0.15, 0.2) is 5.82 Å². The molecule has 5 rings (SSSR count). The van der Waals surface area contributed by atoms with E-state index in [1.165, 1.54) is 5.56 Å². The quantitative estimate of drug-likeness (QED) is 0.557. The lowest BCUT2D eigenvalue weighted by molar-refractivity contribution is -0.125. The number of fused-ring (bicyclic) bond motifs is 3. The monoisotopic (exact) mass is 398 g/mol. The van der Waals surface area contributed by atoms with Crippen LogP contribution in [0.15, 0.2) is 66.9 Å². The Morgan fingerprint density at radius 3 is 2.53 bits per heavy atom. The number of para-hydroxylation sites is 2. The highest BCUT2D eigenvalue weighted by Crippen LogP contribution is 2.29. The minimum atomic E-state index is 0.0648. The maximum atomic E-state index is 12.7. The molecule has 0 unspecified atom stereocenters. The van der Waals surface area contributed by atoms with Crippen LogP contribution in [-0.2, 0) is 11.3 Å². The molecule has 0 atom stereocenters. The third-order valence-electron chi connectivity index (χ3n) is 6.10. The van der Waals surface area contributed by atoms with Crippen LogP contribution in [0.3, 0.4) is 0 Å². The first-order valence-electron chi connectivity index (χ1n) is 10.6. The number of benzene rings is 2. The Bertz CT molecular complexity index is 1190. The molecule has 1 aliphatic heterocycles. The molecule has 0 bridgehead atoms. The second-order valence-electron chi connectivity index (χ2n) is 8.15. The third-order valence-corrected chi connectivity index (χ3v) is 6.10. The van der Waals surface area contributed by atoms with Crippen LogP contribution in [0, 0.1) is 12.8 Å². The Balaban J connectivity index is 1.27. The molecule has 3 heterocycles. The van der Waals surface area contributed by atoms with E-state index in [0.717, 1.165) is 53.9 Å². The number of carbonyl (C=O) groups is 1. The van der Waals surface area contributed by atoms with Crippen LogP contribution in [0.1, 0.15) is 24.0 Å². The molecule has 1 N–H and O–H groups in total. The summed E-state index contributed by atoms with van der Waals surface area (Å²) in [5, 5.41) is 3.12. The summed E-state index contributed by atoms with van der Waals surface area (Å²) < 4.78 is 2.21. The van der Waals surface area contributed by atoms with E-state index < -0.39 is 0 Å². The average Bonchev–Trinajstić information content (AvgIpc) is 3.28. The lowest BCUT2D eigenvalue weighted by Gasteiger charge is -2.32. The molecular formula is C25H26N4O. The minimum Gasteiger partial charge on any atom is -0.355 e. The predicted molar refractivity (Wildman–Crippen MR) is 121 cm³/mol. The van der Waals surface area contributed by atoms with Crippen LogP contribution in [0.25, 0.3) is 16.6 Å². The number of hydrogen-bond donors (Lipinski definition) is 1. The average molecular weight is 399 g/mol. The zero-order valence-electron chi connectivity index (χ0n) is 17.2. The molecule has 152 valence electrons. The molecule has 2 aromatic carbocycles. The van der Waals surface area contributed by atoms with Crippen molar-refractivity contribution >= 4 is 28.3 Å². The van der Waals surface area contributed by atoms with Gasteiger partial charge in [-0.25, -0.2) is 4.98 Å². The van der Waals surface area contributed by atoms with E-state index in [4.69, 9.17) is 4.98 Å². The highest BCUT2D eigenvalue weighted by molar-refractivity contribution is 5.85. The molecular weight excluding hydrogens is 372 g/mol. The lowest BCUT2D eigenvalue weighted by atomic mass is 9.95. The van der Waals surface area contributed by atoms with Gasteiger partial charge in [0.1, 0.15) is 0 Å². The van der Waals surface area contributed by atoms with Crippen LogP contribution in [-0.4, -0.2) is 28.4 Å². The summed E-state index contributed by atoms with van der Waals surface area (Å²) in [6.45, 7) is 4.35. The van der Waals surface area contributed by atoms with Gasteiger partial charge in [-0.05, 0) is 49.6 Å². The van der Waals surface area contributed by atoms with Crippen molar-refractivity contribution in [2.75, 3.05) is 18.0 Å². The number of carbonyl (C=O) groups excluding carboxylic acids is 1. The molecule has 5 nitrogen and oxygen atoms in total. The summed E-state index contributed by atoms with van der Waals surface area (Å²) in [6.07, 6.45) is 3.79. The Kier molecular flexibility index (Phi) is 4.87. The molecule has 4 aromatic rings. The van der Waals surface area contributed by atoms with Crippen molar-refractivity contribution < 1.29 is 4.79 Å². The fraction of sp³-hybridized carbons (Fsp3) is 0.280. The van der Waals surface area contributed by atoms with Crippen molar-refractivity contribution in [1.82, 2.24) is 14.7 Å². The number of anilines is 1. The summed E-state index contributed by atoms with van der Waals surface area (Å²) in [5.74, 6) is 1.24. The molecule has 0 spiro atoms. The molecule has 5 heteroatoms. The van der Waals surface area contributed by atoms with Crippen molar-refractivity contribution in [2.45, 2.75) is 26.3 Å². The number of aryl methyl sites for hydroxylation is 1. The minimum absolute atomic E-state index is 0.0648.